The lowest BCUT2D eigenvalue weighted by atomic mass is 9.98. The number of allylic oxidation sites excluding steroid dienone is 2. The highest BCUT2D eigenvalue weighted by Gasteiger charge is 2.44. The van der Waals surface area contributed by atoms with Crippen molar-refractivity contribution in [3.05, 3.63) is 12.2 Å². The van der Waals surface area contributed by atoms with Gasteiger partial charge in [0.2, 0.25) is 5.91 Å². The van der Waals surface area contributed by atoms with E-state index in [1.807, 2.05) is 0 Å². The third-order valence-corrected chi connectivity index (χ3v) is 11.6. The fourth-order valence-electron chi connectivity index (χ4n) is 7.61. The molecule has 0 saturated carbocycles. The van der Waals surface area contributed by atoms with E-state index in [2.05, 4.69) is 31.3 Å². The van der Waals surface area contributed by atoms with Gasteiger partial charge in [0.05, 0.1) is 25.4 Å². The van der Waals surface area contributed by atoms with Gasteiger partial charge >= 0.3 is 0 Å². The number of hydrogen-bond donors (Lipinski definition) is 8. The minimum atomic E-state index is -1.66. The second-order valence-electron chi connectivity index (χ2n) is 16.8. The Balaban J connectivity index is 2.45. The van der Waals surface area contributed by atoms with E-state index in [1.165, 1.54) is 109 Å². The lowest BCUT2D eigenvalue weighted by molar-refractivity contribution is -0.303. The summed E-state index contributed by atoms with van der Waals surface area (Å²) in [6.45, 7) is 3.43. The van der Waals surface area contributed by atoms with Crippen LogP contribution >= 0.6 is 0 Å². The molecule has 0 bridgehead atoms. The van der Waals surface area contributed by atoms with Crippen molar-refractivity contribution in [3.8, 4) is 0 Å². The zero-order valence-corrected chi connectivity index (χ0v) is 36.3. The van der Waals surface area contributed by atoms with Gasteiger partial charge in [-0.05, 0) is 38.5 Å². The van der Waals surface area contributed by atoms with Gasteiger partial charge in [-0.1, -0.05) is 180 Å². The van der Waals surface area contributed by atoms with Crippen LogP contribution in [0.3, 0.4) is 0 Å². The lowest BCUT2D eigenvalue weighted by Crippen LogP contribution is -2.60. The molecule has 1 rings (SSSR count). The van der Waals surface area contributed by atoms with Crippen LogP contribution in [0.25, 0.3) is 0 Å². The Morgan fingerprint density at radius 1 is 0.596 bits per heavy atom. The van der Waals surface area contributed by atoms with Gasteiger partial charge in [0.25, 0.3) is 0 Å². The molecule has 0 spiro atoms. The molecule has 1 fully saturated rings. The number of ether oxygens (including phenoxy) is 2. The first-order chi connectivity index (χ1) is 27.7. The Morgan fingerprint density at radius 3 is 1.47 bits per heavy atom. The smallest absolute Gasteiger partial charge is 0.249 e. The van der Waals surface area contributed by atoms with Gasteiger partial charge in [0, 0.05) is 0 Å². The maximum atomic E-state index is 13.1. The van der Waals surface area contributed by atoms with Gasteiger partial charge in [-0.25, -0.2) is 0 Å². The Hall–Kier alpha value is -1.15. The molecule has 1 amide bonds. The van der Waals surface area contributed by atoms with E-state index in [4.69, 9.17) is 9.47 Å². The maximum absolute atomic E-state index is 13.1. The van der Waals surface area contributed by atoms with Gasteiger partial charge in [-0.15, -0.1) is 0 Å². The summed E-state index contributed by atoms with van der Waals surface area (Å²) in [7, 11) is 0. The molecule has 0 aromatic heterocycles. The largest absolute Gasteiger partial charge is 0.394 e. The molecule has 0 aromatic carbocycles. The molecule has 1 heterocycles. The van der Waals surface area contributed by atoms with E-state index >= 15 is 0 Å². The van der Waals surface area contributed by atoms with Crippen LogP contribution in [0.4, 0.5) is 0 Å². The van der Waals surface area contributed by atoms with Crippen molar-refractivity contribution in [2.75, 3.05) is 13.2 Å². The summed E-state index contributed by atoms with van der Waals surface area (Å²) in [5.74, 6) is -0.700. The number of unbranched alkanes of at least 4 members (excludes halogenated alkanes) is 25. The van der Waals surface area contributed by atoms with Crippen molar-refractivity contribution in [1.29, 1.82) is 0 Å². The zero-order chi connectivity index (χ0) is 41.9. The van der Waals surface area contributed by atoms with Crippen molar-refractivity contribution in [3.63, 3.8) is 0 Å². The molecule has 11 heteroatoms. The number of carbonyl (C=O) groups is 1. The van der Waals surface area contributed by atoms with Crippen LogP contribution in [0, 0.1) is 0 Å². The fourth-order valence-corrected chi connectivity index (χ4v) is 7.61. The number of aliphatic hydroxyl groups excluding tert-OH is 7. The Bertz CT molecular complexity index is 939. The summed E-state index contributed by atoms with van der Waals surface area (Å²) < 4.78 is 11.1. The van der Waals surface area contributed by atoms with E-state index in [1.54, 1.807) is 0 Å². The van der Waals surface area contributed by atoms with E-state index < -0.39 is 74.2 Å². The van der Waals surface area contributed by atoms with Gasteiger partial charge < -0.3 is 50.5 Å². The van der Waals surface area contributed by atoms with Crippen molar-refractivity contribution >= 4 is 5.91 Å². The van der Waals surface area contributed by atoms with Crippen molar-refractivity contribution < 1.29 is 50.0 Å². The van der Waals surface area contributed by atoms with E-state index in [0.717, 1.165) is 57.8 Å². The minimum absolute atomic E-state index is 0.261. The Kier molecular flexibility index (Phi) is 34.7. The summed E-state index contributed by atoms with van der Waals surface area (Å²) >= 11 is 0. The van der Waals surface area contributed by atoms with Crippen LogP contribution < -0.4 is 5.32 Å². The van der Waals surface area contributed by atoms with Crippen molar-refractivity contribution in [1.82, 2.24) is 5.32 Å². The summed E-state index contributed by atoms with van der Waals surface area (Å²) in [6, 6.07) is -1.17. The minimum Gasteiger partial charge on any atom is -0.394 e. The summed E-state index contributed by atoms with van der Waals surface area (Å²) in [6.07, 6.45) is 26.8. The SMILES string of the molecule is CCCCCCCCCCCC=CCCCCCCCC(O)C(O)C(COC1OC(CO)C(O)C(O)C1O)NC(=O)C(O)CCCCCCCCCCCCCC. The van der Waals surface area contributed by atoms with Crippen LogP contribution in [0.1, 0.15) is 206 Å². The van der Waals surface area contributed by atoms with Crippen molar-refractivity contribution in [2.24, 2.45) is 0 Å². The number of rotatable bonds is 39. The van der Waals surface area contributed by atoms with E-state index in [9.17, 15) is 40.5 Å². The molecule has 1 saturated heterocycles. The van der Waals surface area contributed by atoms with Gasteiger partial charge in [-0.2, -0.15) is 0 Å². The number of amides is 1. The molecule has 11 nitrogen and oxygen atoms in total. The predicted octanol–water partition coefficient (Wildman–Crippen LogP) is 7.67. The average molecular weight is 816 g/mol. The van der Waals surface area contributed by atoms with E-state index in [0.29, 0.717) is 19.3 Å². The summed E-state index contributed by atoms with van der Waals surface area (Å²) in [5, 5.41) is 75.6. The highest BCUT2D eigenvalue weighted by molar-refractivity contribution is 5.80. The highest BCUT2D eigenvalue weighted by Crippen LogP contribution is 2.23. The number of hydrogen-bond acceptors (Lipinski definition) is 10. The monoisotopic (exact) mass is 816 g/mol. The molecule has 8 N–H and O–H groups in total. The molecule has 338 valence electrons. The van der Waals surface area contributed by atoms with E-state index in [-0.39, 0.29) is 6.42 Å². The molecular formula is C46H89NO10. The number of carbonyl (C=O) groups excluding carboxylic acids is 1. The fraction of sp³-hybridized carbons (Fsp3) is 0.935. The highest BCUT2D eigenvalue weighted by atomic mass is 16.7. The molecule has 57 heavy (non-hydrogen) atoms. The first kappa shape index (κ1) is 53.9. The first-order valence-electron chi connectivity index (χ1n) is 23.6. The molecular weight excluding hydrogens is 727 g/mol. The van der Waals surface area contributed by atoms with Crippen LogP contribution in [-0.2, 0) is 14.3 Å². The van der Waals surface area contributed by atoms with Crippen LogP contribution in [0.5, 0.6) is 0 Å². The van der Waals surface area contributed by atoms with Crippen LogP contribution in [0.2, 0.25) is 0 Å². The lowest BCUT2D eigenvalue weighted by Gasteiger charge is -2.40. The first-order valence-corrected chi connectivity index (χ1v) is 23.6. The summed E-state index contributed by atoms with van der Waals surface area (Å²) in [5.41, 5.74) is 0. The predicted molar refractivity (Wildman–Crippen MR) is 229 cm³/mol. The third kappa shape index (κ3) is 26.6. The molecule has 9 atom stereocenters. The molecule has 1 aliphatic rings. The Morgan fingerprint density at radius 2 is 1.02 bits per heavy atom. The topological polar surface area (TPSA) is 189 Å². The number of aliphatic hydroxyl groups is 7. The van der Waals surface area contributed by atoms with Crippen LogP contribution in [0.15, 0.2) is 12.2 Å². The second kappa shape index (κ2) is 36.7. The van der Waals surface area contributed by atoms with Crippen molar-refractivity contribution in [2.45, 2.75) is 262 Å². The standard InChI is InChI=1S/C46H89NO10/c1-3-5-7-9-11-13-15-17-18-19-20-21-22-24-25-27-29-31-33-38(49)41(51)37(36-56-46-44(54)43(53)42(52)40(35-48)57-46)47-45(55)39(50)34-32-30-28-26-23-16-14-12-10-8-6-4-2/h20-21,37-44,46,48-54H,3-19,22-36H2,1-2H3,(H,47,55). The van der Waals surface area contributed by atoms with Gasteiger partial charge in [0.15, 0.2) is 6.29 Å². The van der Waals surface area contributed by atoms with Gasteiger partial charge in [-0.3, -0.25) is 4.79 Å². The van der Waals surface area contributed by atoms with Crippen LogP contribution in [-0.4, -0.2) is 110 Å². The normalized spacial score (nSPS) is 22.2. The quantitative estimate of drug-likeness (QED) is 0.0226. The zero-order valence-electron chi connectivity index (χ0n) is 36.3. The molecule has 0 aliphatic carbocycles. The molecule has 0 radical (unpaired) electrons. The average Bonchev–Trinajstić information content (AvgIpc) is 3.21. The number of nitrogens with one attached hydrogen (secondary N) is 1. The second-order valence-corrected chi connectivity index (χ2v) is 16.8. The molecule has 1 aliphatic heterocycles. The molecule has 0 aromatic rings. The molecule has 9 unspecified atom stereocenters. The Labute approximate surface area is 347 Å². The third-order valence-electron chi connectivity index (χ3n) is 11.6. The summed E-state index contributed by atoms with van der Waals surface area (Å²) in [4.78, 5) is 13.1. The van der Waals surface area contributed by atoms with Gasteiger partial charge in [0.1, 0.15) is 36.6 Å². The maximum Gasteiger partial charge on any atom is 0.249 e.